The zero-order valence-electron chi connectivity index (χ0n) is 10.8. The monoisotopic (exact) mass is 316 g/mol. The second-order valence-corrected chi connectivity index (χ2v) is 5.05. The Kier molecular flexibility index (Phi) is 4.04. The van der Waals surface area contributed by atoms with Gasteiger partial charge in [-0.1, -0.05) is 65.7 Å². The van der Waals surface area contributed by atoms with Crippen LogP contribution in [-0.4, -0.2) is 9.97 Å². The number of aromatic nitrogens is 2. The van der Waals surface area contributed by atoms with Crippen LogP contribution < -0.4 is 4.74 Å². The van der Waals surface area contributed by atoms with Crippen LogP contribution in [0.1, 0.15) is 0 Å². The summed E-state index contributed by atoms with van der Waals surface area (Å²) in [5.41, 5.74) is 0.865. The van der Waals surface area contributed by atoms with Crippen LogP contribution in [-0.2, 0) is 0 Å². The van der Waals surface area contributed by atoms with Gasteiger partial charge in [-0.15, -0.1) is 0 Å². The van der Waals surface area contributed by atoms with Crippen LogP contribution in [0.3, 0.4) is 0 Å². The highest BCUT2D eigenvalue weighted by molar-refractivity contribution is 6.32. The molecule has 0 aliphatic rings. The van der Waals surface area contributed by atoms with Gasteiger partial charge >= 0.3 is 0 Å². The van der Waals surface area contributed by atoms with E-state index in [1.807, 2.05) is 42.5 Å². The van der Waals surface area contributed by atoms with Gasteiger partial charge < -0.3 is 4.74 Å². The molecule has 3 rings (SSSR count). The van der Waals surface area contributed by atoms with Crippen molar-refractivity contribution in [3.63, 3.8) is 0 Å². The number of para-hydroxylation sites is 1. The van der Waals surface area contributed by atoms with Crippen molar-refractivity contribution in [3.05, 3.63) is 70.8 Å². The number of rotatable bonds is 3. The lowest BCUT2D eigenvalue weighted by molar-refractivity contribution is 0.462. The van der Waals surface area contributed by atoms with Gasteiger partial charge in [0.1, 0.15) is 10.9 Å². The summed E-state index contributed by atoms with van der Waals surface area (Å²) in [4.78, 5) is 8.57. The van der Waals surface area contributed by atoms with Crippen LogP contribution in [0.4, 0.5) is 0 Å². The zero-order valence-corrected chi connectivity index (χ0v) is 12.3. The first-order valence-electron chi connectivity index (χ1n) is 6.25. The molecule has 0 saturated heterocycles. The smallest absolute Gasteiger partial charge is 0.224 e. The van der Waals surface area contributed by atoms with E-state index in [0.717, 1.165) is 5.56 Å². The van der Waals surface area contributed by atoms with E-state index in [2.05, 4.69) is 9.97 Å². The lowest BCUT2D eigenvalue weighted by atomic mass is 10.2. The molecule has 1 aromatic heterocycles. The molecule has 0 atom stereocenters. The maximum atomic E-state index is 6.07. The van der Waals surface area contributed by atoms with Crippen LogP contribution >= 0.6 is 23.2 Å². The molecule has 0 aliphatic carbocycles. The number of halogens is 2. The fourth-order valence-electron chi connectivity index (χ4n) is 1.81. The van der Waals surface area contributed by atoms with Crippen molar-refractivity contribution < 1.29 is 4.74 Å². The molecule has 0 bridgehead atoms. The molecule has 104 valence electrons. The topological polar surface area (TPSA) is 35.0 Å². The van der Waals surface area contributed by atoms with Gasteiger partial charge in [0, 0.05) is 11.6 Å². The normalized spacial score (nSPS) is 10.4. The van der Waals surface area contributed by atoms with Crippen molar-refractivity contribution in [1.29, 1.82) is 0 Å². The minimum absolute atomic E-state index is 0.311. The van der Waals surface area contributed by atoms with Crippen molar-refractivity contribution in [2.75, 3.05) is 0 Å². The summed E-state index contributed by atoms with van der Waals surface area (Å²) in [6, 6.07) is 18.3. The highest BCUT2D eigenvalue weighted by Crippen LogP contribution is 2.29. The van der Waals surface area contributed by atoms with E-state index in [0.29, 0.717) is 27.6 Å². The summed E-state index contributed by atoms with van der Waals surface area (Å²) in [5, 5.41) is 0.819. The molecule has 0 N–H and O–H groups in total. The Bertz CT molecular complexity index is 763. The average molecular weight is 317 g/mol. The molecular formula is C16H10Cl2N2O. The standard InChI is InChI=1S/C16H10Cl2N2O/c17-12-8-4-5-9-13(12)21-15-10-14(18)19-16(20-15)11-6-2-1-3-7-11/h1-10H. The molecule has 3 nitrogen and oxygen atoms in total. The molecule has 2 aromatic carbocycles. The molecule has 21 heavy (non-hydrogen) atoms. The van der Waals surface area contributed by atoms with Crippen molar-refractivity contribution >= 4 is 23.2 Å². The zero-order chi connectivity index (χ0) is 14.7. The predicted molar refractivity (Wildman–Crippen MR) is 84.0 cm³/mol. The Morgan fingerprint density at radius 2 is 1.52 bits per heavy atom. The lowest BCUT2D eigenvalue weighted by Crippen LogP contribution is -1.94. The highest BCUT2D eigenvalue weighted by Gasteiger charge is 2.09. The first-order chi connectivity index (χ1) is 10.2. The third kappa shape index (κ3) is 3.32. The molecule has 0 aliphatic heterocycles. The minimum Gasteiger partial charge on any atom is -0.437 e. The Labute approximate surface area is 132 Å². The second kappa shape index (κ2) is 6.12. The number of nitrogens with zero attached hydrogens (tertiary/aromatic N) is 2. The van der Waals surface area contributed by atoms with Gasteiger partial charge in [0.2, 0.25) is 5.88 Å². The largest absolute Gasteiger partial charge is 0.437 e. The fourth-order valence-corrected chi connectivity index (χ4v) is 2.15. The number of hydrogen-bond acceptors (Lipinski definition) is 3. The summed E-state index contributed by atoms with van der Waals surface area (Å²) < 4.78 is 5.68. The van der Waals surface area contributed by atoms with E-state index in [9.17, 15) is 0 Å². The molecular weight excluding hydrogens is 307 g/mol. The first kappa shape index (κ1) is 13.9. The molecule has 0 unspecified atom stereocenters. The van der Waals surface area contributed by atoms with Crippen molar-refractivity contribution in [2.24, 2.45) is 0 Å². The second-order valence-electron chi connectivity index (χ2n) is 4.25. The van der Waals surface area contributed by atoms with Crippen LogP contribution in [0.15, 0.2) is 60.7 Å². The van der Waals surface area contributed by atoms with Crippen molar-refractivity contribution in [1.82, 2.24) is 9.97 Å². The molecule has 1 heterocycles. The van der Waals surface area contributed by atoms with E-state index < -0.39 is 0 Å². The molecule has 0 saturated carbocycles. The summed E-state index contributed by atoms with van der Waals surface area (Å²) in [6.07, 6.45) is 0. The van der Waals surface area contributed by atoms with Gasteiger partial charge in [-0.25, -0.2) is 4.98 Å². The number of hydrogen-bond donors (Lipinski definition) is 0. The van der Waals surface area contributed by atoms with Gasteiger partial charge in [0.15, 0.2) is 5.82 Å². The van der Waals surface area contributed by atoms with Gasteiger partial charge in [-0.2, -0.15) is 4.98 Å². The summed E-state index contributed by atoms with van der Waals surface area (Å²) in [7, 11) is 0. The Balaban J connectivity index is 1.97. The summed E-state index contributed by atoms with van der Waals surface area (Å²) >= 11 is 12.1. The molecule has 5 heteroatoms. The molecule has 0 amide bonds. The van der Waals surface area contributed by atoms with Crippen LogP contribution in [0.2, 0.25) is 10.2 Å². The van der Waals surface area contributed by atoms with E-state index in [4.69, 9.17) is 27.9 Å². The molecule has 0 fully saturated rings. The SMILES string of the molecule is Clc1cc(Oc2ccccc2Cl)nc(-c2ccccc2)n1. The van der Waals surface area contributed by atoms with E-state index >= 15 is 0 Å². The van der Waals surface area contributed by atoms with E-state index in [1.54, 1.807) is 18.2 Å². The van der Waals surface area contributed by atoms with Gasteiger partial charge in [0.25, 0.3) is 0 Å². The Morgan fingerprint density at radius 3 is 2.29 bits per heavy atom. The number of ether oxygens (including phenoxy) is 1. The van der Waals surface area contributed by atoms with Crippen LogP contribution in [0.5, 0.6) is 11.6 Å². The summed E-state index contributed by atoms with van der Waals surface area (Å²) in [6.45, 7) is 0. The molecule has 0 radical (unpaired) electrons. The first-order valence-corrected chi connectivity index (χ1v) is 7.00. The van der Waals surface area contributed by atoms with Crippen LogP contribution in [0.25, 0.3) is 11.4 Å². The highest BCUT2D eigenvalue weighted by atomic mass is 35.5. The summed E-state index contributed by atoms with van der Waals surface area (Å²) in [5.74, 6) is 1.38. The molecule has 0 spiro atoms. The third-order valence-corrected chi connectivity index (χ3v) is 3.26. The van der Waals surface area contributed by atoms with Gasteiger partial charge in [-0.05, 0) is 12.1 Å². The lowest BCUT2D eigenvalue weighted by Gasteiger charge is -2.08. The Hall–Kier alpha value is -2.10. The maximum absolute atomic E-state index is 6.07. The Morgan fingerprint density at radius 1 is 0.810 bits per heavy atom. The predicted octanol–water partition coefficient (Wildman–Crippen LogP) is 5.24. The average Bonchev–Trinajstić information content (AvgIpc) is 2.50. The minimum atomic E-state index is 0.311. The van der Waals surface area contributed by atoms with Crippen molar-refractivity contribution in [3.8, 4) is 23.0 Å². The van der Waals surface area contributed by atoms with Crippen LogP contribution in [0, 0.1) is 0 Å². The number of benzene rings is 2. The van der Waals surface area contributed by atoms with E-state index in [1.165, 1.54) is 0 Å². The third-order valence-electron chi connectivity index (χ3n) is 2.75. The van der Waals surface area contributed by atoms with E-state index in [-0.39, 0.29) is 0 Å². The van der Waals surface area contributed by atoms with Crippen molar-refractivity contribution in [2.45, 2.75) is 0 Å². The van der Waals surface area contributed by atoms with Gasteiger partial charge in [0.05, 0.1) is 5.02 Å². The maximum Gasteiger partial charge on any atom is 0.224 e. The fraction of sp³-hybridized carbons (Fsp3) is 0. The quantitative estimate of drug-likeness (QED) is 0.619. The van der Waals surface area contributed by atoms with Gasteiger partial charge in [-0.3, -0.25) is 0 Å². The molecule has 3 aromatic rings.